The van der Waals surface area contributed by atoms with Gasteiger partial charge < -0.3 is 5.73 Å². The first kappa shape index (κ1) is 10.6. The lowest BCUT2D eigenvalue weighted by molar-refractivity contribution is 0.595. The van der Waals surface area contributed by atoms with Crippen molar-refractivity contribution < 1.29 is 0 Å². The van der Waals surface area contributed by atoms with Crippen molar-refractivity contribution in [1.82, 2.24) is 4.98 Å². The lowest BCUT2D eigenvalue weighted by atomic mass is 10.1. The predicted octanol–water partition coefficient (Wildman–Crippen LogP) is 3.06. The highest BCUT2D eigenvalue weighted by molar-refractivity contribution is 9.11. The van der Waals surface area contributed by atoms with E-state index in [0.717, 1.165) is 14.6 Å². The van der Waals surface area contributed by atoms with Crippen LogP contribution < -0.4 is 5.73 Å². The van der Waals surface area contributed by atoms with E-state index in [4.69, 9.17) is 5.73 Å². The highest BCUT2D eigenvalue weighted by Gasteiger charge is 2.57. The third-order valence-electron chi connectivity index (χ3n) is 3.04. The van der Waals surface area contributed by atoms with E-state index < -0.39 is 0 Å². The van der Waals surface area contributed by atoms with Crippen LogP contribution >= 0.6 is 31.9 Å². The minimum Gasteiger partial charge on any atom is -0.327 e. The number of hydrogen-bond donors (Lipinski definition) is 1. The van der Waals surface area contributed by atoms with Crippen LogP contribution in [0.2, 0.25) is 0 Å². The molecule has 0 aromatic carbocycles. The van der Waals surface area contributed by atoms with Gasteiger partial charge in [-0.3, -0.25) is 4.98 Å². The smallest absolute Gasteiger partial charge is 0.0598 e. The molecule has 1 aliphatic rings. The first-order valence-corrected chi connectivity index (χ1v) is 6.09. The van der Waals surface area contributed by atoms with Gasteiger partial charge in [0.15, 0.2) is 0 Å². The van der Waals surface area contributed by atoms with Crippen LogP contribution in [0.25, 0.3) is 0 Å². The number of halogens is 2. The highest BCUT2D eigenvalue weighted by atomic mass is 79.9. The molecule has 2 N–H and O–H groups in total. The van der Waals surface area contributed by atoms with Crippen molar-refractivity contribution in [2.75, 3.05) is 0 Å². The van der Waals surface area contributed by atoms with Crippen LogP contribution in [0.4, 0.5) is 0 Å². The molecule has 2 rings (SSSR count). The van der Waals surface area contributed by atoms with Gasteiger partial charge in [-0.25, -0.2) is 0 Å². The largest absolute Gasteiger partial charge is 0.327 e. The van der Waals surface area contributed by atoms with Crippen molar-refractivity contribution in [2.45, 2.75) is 25.8 Å². The van der Waals surface area contributed by atoms with Crippen molar-refractivity contribution in [3.63, 3.8) is 0 Å². The standard InChI is InChI=1S/C10H12Br2N2/c1-10(2)7(9(10)13)8-6(12)3-5(11)4-14-8/h3-4,7,9H,13H2,1-2H3. The minimum absolute atomic E-state index is 0.184. The molecule has 2 unspecified atom stereocenters. The van der Waals surface area contributed by atoms with Crippen molar-refractivity contribution in [1.29, 1.82) is 0 Å². The summed E-state index contributed by atoms with van der Waals surface area (Å²) in [6, 6.07) is 2.25. The Morgan fingerprint density at radius 2 is 2.00 bits per heavy atom. The van der Waals surface area contributed by atoms with Gasteiger partial charge in [-0.05, 0) is 43.3 Å². The summed E-state index contributed by atoms with van der Waals surface area (Å²) in [5, 5.41) is 0. The Balaban J connectivity index is 2.36. The average molecular weight is 320 g/mol. The van der Waals surface area contributed by atoms with Gasteiger partial charge in [-0.2, -0.15) is 0 Å². The van der Waals surface area contributed by atoms with Gasteiger partial charge >= 0.3 is 0 Å². The molecule has 1 saturated carbocycles. The molecule has 76 valence electrons. The number of nitrogens with zero attached hydrogens (tertiary/aromatic N) is 1. The molecule has 0 aliphatic heterocycles. The molecule has 0 amide bonds. The molecule has 1 aromatic heterocycles. The van der Waals surface area contributed by atoms with E-state index in [0.29, 0.717) is 5.92 Å². The molecule has 2 atom stereocenters. The summed E-state index contributed by atoms with van der Waals surface area (Å²) in [6.45, 7) is 4.36. The van der Waals surface area contributed by atoms with Crippen LogP contribution in [0, 0.1) is 5.41 Å². The van der Waals surface area contributed by atoms with Gasteiger partial charge in [0.1, 0.15) is 0 Å². The van der Waals surface area contributed by atoms with E-state index in [-0.39, 0.29) is 11.5 Å². The molecule has 2 nitrogen and oxygen atoms in total. The second-order valence-electron chi connectivity index (χ2n) is 4.35. The molecule has 14 heavy (non-hydrogen) atoms. The summed E-state index contributed by atoms with van der Waals surface area (Å²) >= 11 is 6.90. The fourth-order valence-electron chi connectivity index (χ4n) is 1.85. The van der Waals surface area contributed by atoms with Crippen LogP contribution in [0.15, 0.2) is 21.2 Å². The molecule has 1 aromatic rings. The van der Waals surface area contributed by atoms with Crippen molar-refractivity contribution in [2.24, 2.45) is 11.1 Å². The second-order valence-corrected chi connectivity index (χ2v) is 6.12. The van der Waals surface area contributed by atoms with E-state index >= 15 is 0 Å². The molecule has 0 bridgehead atoms. The number of pyridine rings is 1. The molecule has 4 heteroatoms. The lowest BCUT2D eigenvalue weighted by Crippen LogP contribution is -2.06. The van der Waals surface area contributed by atoms with Gasteiger partial charge in [-0.15, -0.1) is 0 Å². The molecule has 1 fully saturated rings. The summed E-state index contributed by atoms with van der Waals surface area (Å²) in [4.78, 5) is 4.41. The number of aromatic nitrogens is 1. The van der Waals surface area contributed by atoms with Crippen LogP contribution in [0.1, 0.15) is 25.5 Å². The summed E-state index contributed by atoms with van der Waals surface area (Å²) < 4.78 is 2.03. The Bertz CT molecular complexity index is 376. The Hall–Kier alpha value is 0.0700. The maximum absolute atomic E-state index is 6.01. The Kier molecular flexibility index (Phi) is 2.48. The molecule has 1 aliphatic carbocycles. The second kappa shape index (κ2) is 3.29. The van der Waals surface area contributed by atoms with E-state index in [1.54, 1.807) is 0 Å². The molecular formula is C10H12Br2N2. The maximum Gasteiger partial charge on any atom is 0.0598 e. The first-order valence-electron chi connectivity index (χ1n) is 4.51. The van der Waals surface area contributed by atoms with Crippen LogP contribution in [0.3, 0.4) is 0 Å². The van der Waals surface area contributed by atoms with Crippen molar-refractivity contribution >= 4 is 31.9 Å². The topological polar surface area (TPSA) is 38.9 Å². The van der Waals surface area contributed by atoms with Crippen molar-refractivity contribution in [3.8, 4) is 0 Å². The third-order valence-corrected chi connectivity index (χ3v) is 4.11. The normalized spacial score (nSPS) is 28.9. The van der Waals surface area contributed by atoms with Gasteiger partial charge in [-0.1, -0.05) is 13.8 Å². The quantitative estimate of drug-likeness (QED) is 0.864. The molecule has 1 heterocycles. The number of rotatable bonds is 1. The molecular weight excluding hydrogens is 308 g/mol. The summed E-state index contributed by atoms with van der Waals surface area (Å²) in [5.74, 6) is 0.380. The summed E-state index contributed by atoms with van der Waals surface area (Å²) in [6.07, 6.45) is 1.82. The fraction of sp³-hybridized carbons (Fsp3) is 0.500. The van der Waals surface area contributed by atoms with E-state index in [9.17, 15) is 0 Å². The van der Waals surface area contributed by atoms with Crippen LogP contribution in [-0.4, -0.2) is 11.0 Å². The molecule has 0 radical (unpaired) electrons. The number of nitrogens with two attached hydrogens (primary N) is 1. The maximum atomic E-state index is 6.01. The minimum atomic E-state index is 0.184. The highest BCUT2D eigenvalue weighted by Crippen LogP contribution is 2.58. The van der Waals surface area contributed by atoms with Gasteiger partial charge in [0.05, 0.1) is 5.69 Å². The van der Waals surface area contributed by atoms with E-state index in [1.807, 2.05) is 12.3 Å². The summed E-state index contributed by atoms with van der Waals surface area (Å²) in [5.41, 5.74) is 7.27. The zero-order valence-corrected chi connectivity index (χ0v) is 11.3. The Morgan fingerprint density at radius 3 is 2.43 bits per heavy atom. The Labute approximate surface area is 101 Å². The number of hydrogen-bond acceptors (Lipinski definition) is 2. The average Bonchev–Trinajstić information content (AvgIpc) is 2.54. The van der Waals surface area contributed by atoms with Gasteiger partial charge in [0, 0.05) is 27.1 Å². The first-order chi connectivity index (χ1) is 6.44. The third kappa shape index (κ3) is 1.53. The van der Waals surface area contributed by atoms with Crippen LogP contribution in [-0.2, 0) is 0 Å². The lowest BCUT2D eigenvalue weighted by Gasteiger charge is -2.04. The van der Waals surface area contributed by atoms with Gasteiger partial charge in [0.25, 0.3) is 0 Å². The van der Waals surface area contributed by atoms with E-state index in [1.165, 1.54) is 0 Å². The van der Waals surface area contributed by atoms with Crippen molar-refractivity contribution in [3.05, 3.63) is 26.9 Å². The predicted molar refractivity (Wildman–Crippen MR) is 64.1 cm³/mol. The molecule has 0 saturated heterocycles. The fourth-order valence-corrected chi connectivity index (χ4v) is 3.09. The van der Waals surface area contributed by atoms with Gasteiger partial charge in [0.2, 0.25) is 0 Å². The zero-order chi connectivity index (χ0) is 10.5. The zero-order valence-electron chi connectivity index (χ0n) is 8.09. The Morgan fingerprint density at radius 1 is 1.43 bits per heavy atom. The molecule has 0 spiro atoms. The summed E-state index contributed by atoms with van der Waals surface area (Å²) in [7, 11) is 0. The van der Waals surface area contributed by atoms with E-state index in [2.05, 4.69) is 50.7 Å². The van der Waals surface area contributed by atoms with Crippen LogP contribution in [0.5, 0.6) is 0 Å². The monoisotopic (exact) mass is 318 g/mol. The SMILES string of the molecule is CC1(C)C(N)C1c1ncc(Br)cc1Br.